The summed E-state index contributed by atoms with van der Waals surface area (Å²) in [6.45, 7) is 0.312. The van der Waals surface area contributed by atoms with Gasteiger partial charge in [-0.15, -0.1) is 0 Å². The van der Waals surface area contributed by atoms with Gasteiger partial charge in [-0.25, -0.2) is 9.59 Å². The number of unbranched alkanes of at least 4 members (excludes halogenated alkanes) is 1. The van der Waals surface area contributed by atoms with E-state index in [-0.39, 0.29) is 49.4 Å². The molecule has 2 aromatic carbocycles. The minimum absolute atomic E-state index is 0.0573. The molecule has 0 radical (unpaired) electrons. The molecule has 0 amide bonds. The Morgan fingerprint density at radius 1 is 0.562 bits per heavy atom. The van der Waals surface area contributed by atoms with Crippen molar-refractivity contribution in [1.29, 1.82) is 0 Å². The highest BCUT2D eigenvalue weighted by Crippen LogP contribution is 2.25. The van der Waals surface area contributed by atoms with Gasteiger partial charge in [0.1, 0.15) is 0 Å². The summed E-state index contributed by atoms with van der Waals surface area (Å²) < 4.78 is 19.6. The minimum atomic E-state index is -0.825. The molecule has 0 fully saturated rings. The van der Waals surface area contributed by atoms with Crippen molar-refractivity contribution in [2.24, 2.45) is 0 Å². The van der Waals surface area contributed by atoms with Crippen LogP contribution in [0.4, 0.5) is 9.59 Å². The predicted molar refractivity (Wildman–Crippen MR) is 111 cm³/mol. The maximum atomic E-state index is 11.5. The Morgan fingerprint density at radius 2 is 0.938 bits per heavy atom. The average Bonchev–Trinajstić information content (AvgIpc) is 2.75. The zero-order chi connectivity index (χ0) is 23.3. The van der Waals surface area contributed by atoms with Gasteiger partial charge in [-0.05, 0) is 48.2 Å². The van der Waals surface area contributed by atoms with Crippen LogP contribution in [0.5, 0.6) is 23.0 Å². The number of ether oxygens (including phenoxy) is 4. The molecule has 0 aliphatic carbocycles. The van der Waals surface area contributed by atoms with E-state index in [1.807, 2.05) is 0 Å². The van der Waals surface area contributed by atoms with E-state index in [2.05, 4.69) is 0 Å². The third-order valence-corrected chi connectivity index (χ3v) is 4.28. The number of benzene rings is 2. The van der Waals surface area contributed by atoms with Crippen LogP contribution < -0.4 is 0 Å². The standard InChI is InChI=1S/C22H26O10/c23-17-5-3-15(13-19(17)25)7-11-31-21(27)29-9-1-2-10-30-22(28)32-12-8-16-4-6-18(24)20(26)14-16/h3-6,13-14,23-26H,1-2,7-12H2. The molecule has 0 heterocycles. The highest BCUT2D eigenvalue weighted by Gasteiger charge is 2.07. The second kappa shape index (κ2) is 12.8. The van der Waals surface area contributed by atoms with Crippen LogP contribution in [0.3, 0.4) is 0 Å². The van der Waals surface area contributed by atoms with Gasteiger partial charge in [-0.3, -0.25) is 0 Å². The number of phenols is 4. The van der Waals surface area contributed by atoms with Crippen molar-refractivity contribution in [3.05, 3.63) is 47.5 Å². The molecule has 10 nitrogen and oxygen atoms in total. The molecule has 0 spiro atoms. The van der Waals surface area contributed by atoms with Gasteiger partial charge in [0.05, 0.1) is 26.4 Å². The number of phenolic OH excluding ortho intramolecular Hbond substituents is 4. The van der Waals surface area contributed by atoms with Crippen LogP contribution in [0.15, 0.2) is 36.4 Å². The maximum Gasteiger partial charge on any atom is 0.508 e. The number of rotatable bonds is 11. The number of carbonyl (C=O) groups is 2. The van der Waals surface area contributed by atoms with Crippen LogP contribution >= 0.6 is 0 Å². The molecule has 4 N–H and O–H groups in total. The van der Waals surface area contributed by atoms with Crippen LogP contribution in [-0.4, -0.2) is 59.2 Å². The Balaban J connectivity index is 1.46. The summed E-state index contributed by atoms with van der Waals surface area (Å²) in [7, 11) is 0. The molecule has 174 valence electrons. The smallest absolute Gasteiger partial charge is 0.504 e. The first-order chi connectivity index (χ1) is 15.3. The van der Waals surface area contributed by atoms with Crippen molar-refractivity contribution in [2.75, 3.05) is 26.4 Å². The van der Waals surface area contributed by atoms with Crippen molar-refractivity contribution in [3.63, 3.8) is 0 Å². The zero-order valence-corrected chi connectivity index (χ0v) is 17.4. The van der Waals surface area contributed by atoms with Crippen molar-refractivity contribution >= 4 is 12.3 Å². The lowest BCUT2D eigenvalue weighted by atomic mass is 10.1. The van der Waals surface area contributed by atoms with Gasteiger partial charge in [-0.2, -0.15) is 0 Å². The molecule has 2 aromatic rings. The molecule has 0 aliphatic heterocycles. The molecule has 0 aliphatic rings. The minimum Gasteiger partial charge on any atom is -0.504 e. The van der Waals surface area contributed by atoms with Crippen molar-refractivity contribution < 1.29 is 49.0 Å². The van der Waals surface area contributed by atoms with Gasteiger partial charge < -0.3 is 39.4 Å². The first kappa shape index (κ1) is 24.4. The first-order valence-corrected chi connectivity index (χ1v) is 9.96. The quantitative estimate of drug-likeness (QED) is 0.228. The molecule has 0 saturated heterocycles. The van der Waals surface area contributed by atoms with Gasteiger partial charge in [0, 0.05) is 12.8 Å². The van der Waals surface area contributed by atoms with E-state index < -0.39 is 12.3 Å². The summed E-state index contributed by atoms with van der Waals surface area (Å²) in [4.78, 5) is 23.0. The predicted octanol–water partition coefficient (Wildman–Crippen LogP) is 3.38. The molecular formula is C22H26O10. The SMILES string of the molecule is O=C(OCCCCOC(=O)OCCc1ccc(O)c(O)c1)OCCc1ccc(O)c(O)c1. The molecule has 0 unspecified atom stereocenters. The number of hydrogen-bond donors (Lipinski definition) is 4. The van der Waals surface area contributed by atoms with Crippen molar-refractivity contribution in [2.45, 2.75) is 25.7 Å². The largest absolute Gasteiger partial charge is 0.508 e. The second-order valence-electron chi connectivity index (χ2n) is 6.75. The zero-order valence-electron chi connectivity index (χ0n) is 17.4. The first-order valence-electron chi connectivity index (χ1n) is 9.96. The lowest BCUT2D eigenvalue weighted by Gasteiger charge is -2.08. The lowest BCUT2D eigenvalue weighted by Crippen LogP contribution is -2.13. The van der Waals surface area contributed by atoms with Gasteiger partial charge in [0.15, 0.2) is 23.0 Å². The van der Waals surface area contributed by atoms with Gasteiger partial charge >= 0.3 is 12.3 Å². The molecular weight excluding hydrogens is 424 g/mol. The summed E-state index contributed by atoms with van der Waals surface area (Å²) in [6, 6.07) is 8.67. The molecule has 0 atom stereocenters. The summed E-state index contributed by atoms with van der Waals surface area (Å²) in [5.41, 5.74) is 1.39. The van der Waals surface area contributed by atoms with E-state index >= 15 is 0 Å². The number of aromatic hydroxyl groups is 4. The molecule has 10 heteroatoms. The Hall–Kier alpha value is -3.82. The Bertz CT molecular complexity index is 823. The lowest BCUT2D eigenvalue weighted by molar-refractivity contribution is 0.0445. The molecule has 0 saturated carbocycles. The molecule has 0 bridgehead atoms. The summed E-state index contributed by atoms with van der Waals surface area (Å²) >= 11 is 0. The van der Waals surface area contributed by atoms with E-state index in [1.54, 1.807) is 12.1 Å². The summed E-state index contributed by atoms with van der Waals surface area (Å²) in [6.07, 6.45) is -0.0242. The normalized spacial score (nSPS) is 10.4. The number of carbonyl (C=O) groups excluding carboxylic acids is 2. The van der Waals surface area contributed by atoms with E-state index in [0.29, 0.717) is 36.8 Å². The van der Waals surface area contributed by atoms with Crippen LogP contribution in [0.1, 0.15) is 24.0 Å². The van der Waals surface area contributed by atoms with Crippen LogP contribution in [-0.2, 0) is 31.8 Å². The molecule has 0 aromatic heterocycles. The molecule has 32 heavy (non-hydrogen) atoms. The Kier molecular flexibility index (Phi) is 9.76. The van der Waals surface area contributed by atoms with Crippen molar-refractivity contribution in [1.82, 2.24) is 0 Å². The fourth-order valence-electron chi connectivity index (χ4n) is 2.55. The van der Waals surface area contributed by atoms with Crippen LogP contribution in [0.25, 0.3) is 0 Å². The third kappa shape index (κ3) is 8.90. The number of hydrogen-bond acceptors (Lipinski definition) is 10. The van der Waals surface area contributed by atoms with Gasteiger partial charge in [-0.1, -0.05) is 12.1 Å². The van der Waals surface area contributed by atoms with E-state index in [9.17, 15) is 30.0 Å². The van der Waals surface area contributed by atoms with E-state index in [0.717, 1.165) is 0 Å². The Morgan fingerprint density at radius 3 is 1.31 bits per heavy atom. The van der Waals surface area contributed by atoms with Gasteiger partial charge in [0.2, 0.25) is 0 Å². The van der Waals surface area contributed by atoms with E-state index in [4.69, 9.17) is 18.9 Å². The highest BCUT2D eigenvalue weighted by molar-refractivity contribution is 5.60. The summed E-state index contributed by atoms with van der Waals surface area (Å²) in [5, 5.41) is 37.3. The fourth-order valence-corrected chi connectivity index (χ4v) is 2.55. The highest BCUT2D eigenvalue weighted by atomic mass is 16.7. The summed E-state index contributed by atoms with van der Waals surface area (Å²) in [5.74, 6) is -0.925. The average molecular weight is 450 g/mol. The van der Waals surface area contributed by atoms with Crippen LogP contribution in [0.2, 0.25) is 0 Å². The monoisotopic (exact) mass is 450 g/mol. The topological polar surface area (TPSA) is 152 Å². The van der Waals surface area contributed by atoms with E-state index in [1.165, 1.54) is 24.3 Å². The van der Waals surface area contributed by atoms with Crippen molar-refractivity contribution in [3.8, 4) is 23.0 Å². The van der Waals surface area contributed by atoms with Gasteiger partial charge in [0.25, 0.3) is 0 Å². The fraction of sp³-hybridized carbons (Fsp3) is 0.364. The second-order valence-corrected chi connectivity index (χ2v) is 6.75. The van der Waals surface area contributed by atoms with Crippen LogP contribution in [0, 0.1) is 0 Å². The Labute approximate surface area is 184 Å². The third-order valence-electron chi connectivity index (χ3n) is 4.28. The maximum absolute atomic E-state index is 11.5. The molecule has 2 rings (SSSR count).